The number of rotatable bonds is 7. The van der Waals surface area contributed by atoms with Crippen LogP contribution in [0.2, 0.25) is 0 Å². The smallest absolute Gasteiger partial charge is 0.258 e. The van der Waals surface area contributed by atoms with Crippen LogP contribution in [0.4, 0.5) is 0 Å². The third kappa shape index (κ3) is 5.10. The summed E-state index contributed by atoms with van der Waals surface area (Å²) in [4.78, 5) is 22.8. The van der Waals surface area contributed by atoms with E-state index in [2.05, 4.69) is 21.2 Å². The molecule has 0 aliphatic heterocycles. The van der Waals surface area contributed by atoms with Gasteiger partial charge in [-0.3, -0.25) is 9.59 Å². The molecule has 2 rings (SSSR count). The van der Waals surface area contributed by atoms with Gasteiger partial charge < -0.3 is 14.8 Å². The molecule has 0 spiro atoms. The van der Waals surface area contributed by atoms with Crippen molar-refractivity contribution in [2.24, 2.45) is 0 Å². The maximum Gasteiger partial charge on any atom is 0.258 e. The lowest BCUT2D eigenvalue weighted by molar-refractivity contribution is -0.123. The van der Waals surface area contributed by atoms with Gasteiger partial charge in [0, 0.05) is 11.0 Å². The first-order chi connectivity index (χ1) is 11.1. The van der Waals surface area contributed by atoms with Crippen LogP contribution in [0.15, 0.2) is 46.9 Å². The van der Waals surface area contributed by atoms with E-state index in [1.165, 1.54) is 0 Å². The quantitative estimate of drug-likeness (QED) is 0.753. The molecule has 0 aromatic heterocycles. The van der Waals surface area contributed by atoms with Gasteiger partial charge in [0.1, 0.15) is 11.5 Å². The van der Waals surface area contributed by atoms with E-state index < -0.39 is 0 Å². The van der Waals surface area contributed by atoms with Gasteiger partial charge in [0.15, 0.2) is 12.9 Å². The molecule has 0 bridgehead atoms. The number of benzene rings is 2. The average molecular weight is 378 g/mol. The highest BCUT2D eigenvalue weighted by atomic mass is 79.9. The lowest BCUT2D eigenvalue weighted by Gasteiger charge is -2.09. The van der Waals surface area contributed by atoms with Crippen molar-refractivity contribution in [2.75, 3.05) is 13.7 Å². The van der Waals surface area contributed by atoms with Crippen molar-refractivity contribution >= 4 is 28.1 Å². The number of aldehydes is 1. The maximum atomic E-state index is 11.8. The molecule has 5 nitrogen and oxygen atoms in total. The number of hydrogen-bond acceptors (Lipinski definition) is 4. The summed E-state index contributed by atoms with van der Waals surface area (Å²) in [6.07, 6.45) is 0.690. The molecule has 2 aromatic carbocycles. The van der Waals surface area contributed by atoms with Crippen LogP contribution in [0.1, 0.15) is 15.9 Å². The summed E-state index contributed by atoms with van der Waals surface area (Å²) in [6, 6.07) is 12.4. The molecule has 0 aliphatic rings. The minimum atomic E-state index is -0.263. The Kier molecular flexibility index (Phi) is 6.17. The molecule has 0 saturated heterocycles. The van der Waals surface area contributed by atoms with Gasteiger partial charge in [-0.15, -0.1) is 0 Å². The molecule has 120 valence electrons. The monoisotopic (exact) mass is 377 g/mol. The Hall–Kier alpha value is -2.34. The third-order valence-corrected chi connectivity index (χ3v) is 3.60. The highest BCUT2D eigenvalue weighted by Crippen LogP contribution is 2.21. The van der Waals surface area contributed by atoms with Crippen molar-refractivity contribution in [3.05, 3.63) is 58.1 Å². The predicted octanol–water partition coefficient (Wildman–Crippen LogP) is 2.97. The standard InChI is InChI=1S/C17H16BrNO4/c1-22-15-5-2-12(3-6-15)9-19-17(21)11-23-16-7-4-14(18)8-13(16)10-20/h2-8,10H,9,11H2,1H3,(H,19,21). The van der Waals surface area contributed by atoms with Crippen molar-refractivity contribution in [3.8, 4) is 11.5 Å². The van der Waals surface area contributed by atoms with E-state index in [1.54, 1.807) is 25.3 Å². The van der Waals surface area contributed by atoms with Crippen LogP contribution >= 0.6 is 15.9 Å². The number of nitrogens with one attached hydrogen (secondary N) is 1. The molecule has 0 aliphatic carbocycles. The van der Waals surface area contributed by atoms with E-state index in [4.69, 9.17) is 9.47 Å². The number of ether oxygens (including phenoxy) is 2. The second kappa shape index (κ2) is 8.33. The van der Waals surface area contributed by atoms with Gasteiger partial charge in [0.2, 0.25) is 0 Å². The first-order valence-corrected chi connectivity index (χ1v) is 7.69. The number of methoxy groups -OCH3 is 1. The summed E-state index contributed by atoms with van der Waals surface area (Å²) in [5, 5.41) is 2.75. The Morgan fingerprint density at radius 2 is 1.96 bits per heavy atom. The van der Waals surface area contributed by atoms with Crippen LogP contribution in [-0.4, -0.2) is 25.9 Å². The van der Waals surface area contributed by atoms with Crippen LogP contribution in [0.3, 0.4) is 0 Å². The lowest BCUT2D eigenvalue weighted by Crippen LogP contribution is -2.28. The molecule has 0 radical (unpaired) electrons. The van der Waals surface area contributed by atoms with Gasteiger partial charge in [-0.2, -0.15) is 0 Å². The minimum absolute atomic E-state index is 0.154. The third-order valence-electron chi connectivity index (χ3n) is 3.11. The van der Waals surface area contributed by atoms with Crippen molar-refractivity contribution < 1.29 is 19.1 Å². The fraction of sp³-hybridized carbons (Fsp3) is 0.176. The van der Waals surface area contributed by atoms with Crippen LogP contribution in [0, 0.1) is 0 Å². The highest BCUT2D eigenvalue weighted by molar-refractivity contribution is 9.10. The molecule has 1 N–H and O–H groups in total. The topological polar surface area (TPSA) is 64.6 Å². The summed E-state index contributed by atoms with van der Waals surface area (Å²) >= 11 is 3.28. The van der Waals surface area contributed by atoms with E-state index in [0.717, 1.165) is 15.8 Å². The van der Waals surface area contributed by atoms with Crippen LogP contribution in [0.5, 0.6) is 11.5 Å². The molecule has 1 amide bonds. The number of carbonyl (C=O) groups excluding carboxylic acids is 2. The van der Waals surface area contributed by atoms with E-state index >= 15 is 0 Å². The Labute approximate surface area is 142 Å². The number of amides is 1. The van der Waals surface area contributed by atoms with E-state index in [0.29, 0.717) is 24.1 Å². The second-order valence-electron chi connectivity index (χ2n) is 4.71. The largest absolute Gasteiger partial charge is 0.497 e. The van der Waals surface area contributed by atoms with Crippen LogP contribution < -0.4 is 14.8 Å². The zero-order valence-corrected chi connectivity index (χ0v) is 14.1. The van der Waals surface area contributed by atoms with Gasteiger partial charge in [-0.05, 0) is 35.9 Å². The highest BCUT2D eigenvalue weighted by Gasteiger charge is 2.07. The molecule has 0 heterocycles. The summed E-state index contributed by atoms with van der Waals surface area (Å²) in [6.45, 7) is 0.242. The summed E-state index contributed by atoms with van der Waals surface area (Å²) in [5.74, 6) is 0.878. The van der Waals surface area contributed by atoms with Gasteiger partial charge in [0.05, 0.1) is 12.7 Å². The predicted molar refractivity (Wildman–Crippen MR) is 89.9 cm³/mol. The Balaban J connectivity index is 1.84. The van der Waals surface area contributed by atoms with Crippen molar-refractivity contribution in [1.29, 1.82) is 0 Å². The average Bonchev–Trinajstić information content (AvgIpc) is 2.59. The fourth-order valence-corrected chi connectivity index (χ4v) is 2.26. The van der Waals surface area contributed by atoms with E-state index in [1.807, 2.05) is 24.3 Å². The normalized spacial score (nSPS) is 10.0. The molecule has 0 atom stereocenters. The molecular weight excluding hydrogens is 362 g/mol. The first-order valence-electron chi connectivity index (χ1n) is 6.89. The van der Waals surface area contributed by atoms with Crippen molar-refractivity contribution in [1.82, 2.24) is 5.32 Å². The van der Waals surface area contributed by atoms with Gasteiger partial charge in [-0.25, -0.2) is 0 Å². The number of carbonyl (C=O) groups is 2. The molecular formula is C17H16BrNO4. The lowest BCUT2D eigenvalue weighted by atomic mass is 10.2. The minimum Gasteiger partial charge on any atom is -0.497 e. The zero-order valence-electron chi connectivity index (χ0n) is 12.5. The Morgan fingerprint density at radius 3 is 2.61 bits per heavy atom. The van der Waals surface area contributed by atoms with Crippen molar-refractivity contribution in [2.45, 2.75) is 6.54 Å². The Morgan fingerprint density at radius 1 is 1.22 bits per heavy atom. The molecule has 6 heteroatoms. The maximum absolute atomic E-state index is 11.8. The summed E-state index contributed by atoms with van der Waals surface area (Å²) < 4.78 is 11.2. The zero-order chi connectivity index (χ0) is 16.7. The van der Waals surface area contributed by atoms with E-state index in [9.17, 15) is 9.59 Å². The number of halogens is 1. The molecule has 2 aromatic rings. The molecule has 0 fully saturated rings. The number of hydrogen-bond donors (Lipinski definition) is 1. The van der Waals surface area contributed by atoms with Gasteiger partial charge in [0.25, 0.3) is 5.91 Å². The SMILES string of the molecule is COc1ccc(CNC(=O)COc2ccc(Br)cc2C=O)cc1. The van der Waals surface area contributed by atoms with Crippen LogP contribution in [-0.2, 0) is 11.3 Å². The second-order valence-corrected chi connectivity index (χ2v) is 5.63. The Bertz CT molecular complexity index is 685. The molecule has 0 saturated carbocycles. The van der Waals surface area contributed by atoms with Crippen molar-refractivity contribution in [3.63, 3.8) is 0 Å². The van der Waals surface area contributed by atoms with Gasteiger partial charge >= 0.3 is 0 Å². The molecule has 23 heavy (non-hydrogen) atoms. The first kappa shape index (κ1) is 17.0. The molecule has 0 unspecified atom stereocenters. The van der Waals surface area contributed by atoms with Gasteiger partial charge in [-0.1, -0.05) is 28.1 Å². The van der Waals surface area contributed by atoms with E-state index in [-0.39, 0.29) is 12.5 Å². The fourth-order valence-electron chi connectivity index (χ4n) is 1.88. The van der Waals surface area contributed by atoms with Crippen LogP contribution in [0.25, 0.3) is 0 Å². The summed E-state index contributed by atoms with van der Waals surface area (Å²) in [7, 11) is 1.60. The summed E-state index contributed by atoms with van der Waals surface area (Å²) in [5.41, 5.74) is 1.35.